The number of alkyl halides is 6. The Morgan fingerprint density at radius 2 is 0.730 bits per heavy atom. The van der Waals surface area contributed by atoms with Crippen LogP contribution in [0.2, 0.25) is 0 Å². The van der Waals surface area contributed by atoms with Crippen molar-refractivity contribution in [1.29, 1.82) is 0 Å². The number of hydrogen-bond donors (Lipinski definition) is 9. The number of anilines is 10. The lowest BCUT2D eigenvalue weighted by atomic mass is 9.95. The van der Waals surface area contributed by atoms with Crippen LogP contribution in [0.1, 0.15) is 98.8 Å². The largest absolute Gasteiger partial charge is 0.433 e. The fraction of sp³-hybridized carbons (Fsp3) is 0.187. The van der Waals surface area contributed by atoms with Crippen molar-refractivity contribution in [2.24, 2.45) is 0 Å². The van der Waals surface area contributed by atoms with Gasteiger partial charge >= 0.3 is 12.4 Å². The highest BCUT2D eigenvalue weighted by molar-refractivity contribution is 5.95. The Labute approximate surface area is 840 Å². The first kappa shape index (κ1) is 100. The highest BCUT2D eigenvalue weighted by atomic mass is 19.4. The number of aliphatic hydroxyl groups is 2. The number of pyridine rings is 10. The third kappa shape index (κ3) is 25.5. The predicted octanol–water partition coefficient (Wildman–Crippen LogP) is 20.4. The van der Waals surface area contributed by atoms with E-state index in [2.05, 4.69) is 168 Å². The van der Waals surface area contributed by atoms with Crippen LogP contribution in [0.5, 0.6) is 0 Å². The topological polar surface area (TPSA) is 387 Å². The molecule has 2 amide bonds. The van der Waals surface area contributed by atoms with E-state index in [9.17, 15) is 49.8 Å². The molecular formula is C107H96F8N28O5. The normalized spacial score (nSPS) is 12.8. The number of aliphatic hydroxyl groups excluding tert-OH is 2. The van der Waals surface area contributed by atoms with Crippen LogP contribution in [0.15, 0.2) is 298 Å². The summed E-state index contributed by atoms with van der Waals surface area (Å²) >= 11 is 0. The van der Waals surface area contributed by atoms with Gasteiger partial charge in [0.1, 0.15) is 23.0 Å². The molecule has 16 heterocycles. The molecular weight excluding hydrogens is 1910 g/mol. The van der Waals surface area contributed by atoms with E-state index in [1.807, 2.05) is 119 Å². The molecule has 22 rings (SSSR count). The second-order valence-electron chi connectivity index (χ2n) is 34.6. The molecule has 33 nitrogen and oxygen atoms in total. The zero-order valence-electron chi connectivity index (χ0n) is 79.8. The van der Waals surface area contributed by atoms with Crippen LogP contribution in [0, 0.1) is 32.4 Å². The van der Waals surface area contributed by atoms with E-state index in [4.69, 9.17) is 9.84 Å². The first-order valence-corrected chi connectivity index (χ1v) is 47.2. The number of carbonyl (C=O) groups is 2. The number of rotatable bonds is 24. The SMILES string of the molecule is Cc1cc(Nc2nc3cccc(-c4ccnc(C(F)(F)F)c4)n3n2)ccn1.Cc1cccc(-c2cccc3nc(Nc4ccc(C(=O)NC5CCCCC5)cc4)nn23)c1.Cc1cccc(-c2cccc3nc(Nc4ccc(C(=O)NCCCN5CCOCC5)cc4)nn23)c1.OCc1cc(Nc2nc3cccc(-c4cc(F)cc(F)c4)n3n2)ccn1.OCc1cc(Nc2nc3cccc(-c4ccnc(C(F)(F)F)c4)n3n2)ccn1. The summed E-state index contributed by atoms with van der Waals surface area (Å²) < 4.78 is 118. The molecule has 1 saturated heterocycles. The Balaban J connectivity index is 0.000000122. The van der Waals surface area contributed by atoms with Gasteiger partial charge in [0.2, 0.25) is 29.7 Å². The number of nitrogens with one attached hydrogen (secondary N) is 7. The molecule has 2 fully saturated rings. The number of aryl methyl sites for hydroxylation is 3. The van der Waals surface area contributed by atoms with Gasteiger partial charge in [0, 0.05) is 136 Å². The van der Waals surface area contributed by atoms with Gasteiger partial charge in [-0.05, 0) is 241 Å². The van der Waals surface area contributed by atoms with Gasteiger partial charge < -0.3 is 52.2 Å². The molecule has 5 aromatic carbocycles. The second-order valence-corrected chi connectivity index (χ2v) is 34.6. The number of amides is 2. The third-order valence-corrected chi connectivity index (χ3v) is 23.7. The minimum absolute atomic E-state index is 0.00268. The van der Waals surface area contributed by atoms with Gasteiger partial charge in [-0.15, -0.1) is 25.5 Å². The van der Waals surface area contributed by atoms with Crippen LogP contribution >= 0.6 is 0 Å². The van der Waals surface area contributed by atoms with Crippen molar-refractivity contribution in [1.82, 2.24) is 113 Å². The van der Waals surface area contributed by atoms with Crippen molar-refractivity contribution in [2.45, 2.75) is 90.9 Å². The van der Waals surface area contributed by atoms with Crippen LogP contribution in [-0.4, -0.2) is 170 Å². The highest BCUT2D eigenvalue weighted by Crippen LogP contribution is 2.36. The minimum Gasteiger partial charge on any atom is -0.390 e. The zero-order chi connectivity index (χ0) is 103. The molecule has 9 N–H and O–H groups in total. The van der Waals surface area contributed by atoms with E-state index in [0.29, 0.717) is 121 Å². The number of hydrogen-bond acceptors (Lipinski definition) is 26. The number of fused-ring (bicyclic) bond motifs is 5. The minimum atomic E-state index is -4.54. The smallest absolute Gasteiger partial charge is 0.390 e. The average Bonchev–Trinajstić information content (AvgIpc) is 1.67. The molecule has 0 spiro atoms. The molecule has 15 aromatic heterocycles. The highest BCUT2D eigenvalue weighted by Gasteiger charge is 2.34. The van der Waals surface area contributed by atoms with Crippen LogP contribution in [-0.2, 0) is 30.3 Å². The lowest BCUT2D eigenvalue weighted by molar-refractivity contribution is -0.141. The van der Waals surface area contributed by atoms with Gasteiger partial charge in [-0.1, -0.05) is 97.1 Å². The van der Waals surface area contributed by atoms with E-state index in [1.54, 1.807) is 97.3 Å². The van der Waals surface area contributed by atoms with E-state index < -0.39 is 35.4 Å². The first-order valence-electron chi connectivity index (χ1n) is 47.2. The standard InChI is InChI=1S/C27H30N6O2.C26H27N5O.C18H13F3N6O.C18H13F3N6.C18H13F2N5O/c1-20-5-2-6-22(19-20)24-7-3-8-25-30-27(31-33(24)25)29-23-11-9-21(10-12-23)26(34)28-13-4-14-32-15-17-35-18-16-32;1-18-7-5-8-20(17-18)23-11-6-12-24-29-26(30-31(23)24)28-22-15-13-19(14-16-22)25(32)27-21-9-3-2-4-10-21;19-18(20,21)15-8-11(4-6-23-15)14-2-1-3-16-25-17(26-27(14)16)24-12-5-7-22-13(9-12)10-28;1-11-9-13(6-8-22-11)24-17-25-16-4-2-3-14(27(16)26-17)12-5-7-23-15(10-12)18(19,20)21;19-12-6-11(7-13(20)8-12)16-2-1-3-17-23-18(24-25(16)17)22-14-4-5-21-15(9-14)10-26/h2-3,5-12,19H,4,13-18H2,1H3,(H,28,34)(H,29,31);5-8,11-17,21H,2-4,9-10H2,1H3,(H,27,32)(H,28,30);1-9,28H,10H2,(H,22,24,26);2-10H,1H3,(H,22,24,26);1-9,26H,10H2,(H,21,22,24). The van der Waals surface area contributed by atoms with E-state index in [1.165, 1.54) is 74.4 Å². The summed E-state index contributed by atoms with van der Waals surface area (Å²) in [6.07, 6.45) is 4.70. The molecule has 2 aliphatic rings. The van der Waals surface area contributed by atoms with Crippen LogP contribution < -0.4 is 37.2 Å². The van der Waals surface area contributed by atoms with Gasteiger partial charge in [-0.25, -0.2) is 31.4 Å². The zero-order valence-corrected chi connectivity index (χ0v) is 79.8. The van der Waals surface area contributed by atoms with E-state index >= 15 is 0 Å². The number of nitrogens with zero attached hydrogens (tertiary/aromatic N) is 21. The maximum absolute atomic E-state index is 13.6. The van der Waals surface area contributed by atoms with Crippen molar-refractivity contribution >= 4 is 98.2 Å². The van der Waals surface area contributed by atoms with Gasteiger partial charge in [0.25, 0.3) is 11.8 Å². The number of halogens is 8. The van der Waals surface area contributed by atoms with Crippen molar-refractivity contribution in [3.8, 4) is 56.3 Å². The summed E-state index contributed by atoms with van der Waals surface area (Å²) in [6.45, 7) is 10.8. The molecule has 0 atom stereocenters. The Hall–Kier alpha value is -17.8. The maximum atomic E-state index is 13.6. The summed E-state index contributed by atoms with van der Waals surface area (Å²) in [4.78, 5) is 68.6. The quantitative estimate of drug-likeness (QED) is 0.0200. The lowest BCUT2D eigenvalue weighted by Crippen LogP contribution is -2.38. The van der Waals surface area contributed by atoms with Crippen LogP contribution in [0.4, 0.5) is 93.3 Å². The summed E-state index contributed by atoms with van der Waals surface area (Å²) in [5, 5.41) is 62.5. The van der Waals surface area contributed by atoms with Gasteiger partial charge in [0.15, 0.2) is 28.2 Å². The Bertz CT molecular complexity index is 8050. The fourth-order valence-corrected chi connectivity index (χ4v) is 16.6. The summed E-state index contributed by atoms with van der Waals surface area (Å²) in [6, 6.07) is 77.7. The first-order chi connectivity index (χ1) is 71.8. The number of aromatic nitrogens is 20. The van der Waals surface area contributed by atoms with E-state index in [-0.39, 0.29) is 31.0 Å². The Morgan fingerprint density at radius 3 is 1.11 bits per heavy atom. The second kappa shape index (κ2) is 45.8. The number of ether oxygens (including phenoxy) is 1. The Kier molecular flexibility index (Phi) is 31.1. The van der Waals surface area contributed by atoms with Gasteiger partial charge in [0.05, 0.1) is 66.3 Å². The number of carbonyl (C=O) groups excluding carboxylic acids is 2. The molecule has 0 bridgehead atoms. The molecule has 0 radical (unpaired) electrons. The molecule has 1 aliphatic heterocycles. The molecule has 1 aliphatic carbocycles. The third-order valence-electron chi connectivity index (χ3n) is 23.7. The van der Waals surface area contributed by atoms with Crippen molar-refractivity contribution in [3.05, 3.63) is 360 Å². The molecule has 1 saturated carbocycles. The van der Waals surface area contributed by atoms with Gasteiger partial charge in [-0.2, -0.15) is 51.3 Å². The average molecular weight is 2010 g/mol. The summed E-state index contributed by atoms with van der Waals surface area (Å²) in [5.74, 6) is 0.530. The molecule has 750 valence electrons. The summed E-state index contributed by atoms with van der Waals surface area (Å²) in [5.41, 5.74) is 16.9. The van der Waals surface area contributed by atoms with Crippen molar-refractivity contribution < 1.29 is 59.7 Å². The number of benzene rings is 5. The monoisotopic (exact) mass is 2000 g/mol. The van der Waals surface area contributed by atoms with Gasteiger partial charge in [-0.3, -0.25) is 39.4 Å². The maximum Gasteiger partial charge on any atom is 0.433 e. The number of morpholine rings is 1. The fourth-order valence-electron chi connectivity index (χ4n) is 16.6. The molecule has 148 heavy (non-hydrogen) atoms. The predicted molar refractivity (Wildman–Crippen MR) is 544 cm³/mol. The Morgan fingerprint density at radius 1 is 0.372 bits per heavy atom. The van der Waals surface area contributed by atoms with Crippen molar-refractivity contribution in [3.63, 3.8) is 0 Å². The molecule has 41 heteroatoms. The van der Waals surface area contributed by atoms with E-state index in [0.717, 1.165) is 139 Å². The lowest BCUT2D eigenvalue weighted by Gasteiger charge is -2.26. The molecule has 0 unspecified atom stereocenters. The van der Waals surface area contributed by atoms with Crippen LogP contribution in [0.25, 0.3) is 84.5 Å². The van der Waals surface area contributed by atoms with Crippen molar-refractivity contribution in [2.75, 3.05) is 66.0 Å². The molecule has 20 aromatic rings. The summed E-state index contributed by atoms with van der Waals surface area (Å²) in [7, 11) is 0. The van der Waals surface area contributed by atoms with Crippen LogP contribution in [0.3, 0.4) is 0 Å².